The van der Waals surface area contributed by atoms with Gasteiger partial charge in [-0.15, -0.1) is 9.24 Å². The Balaban J connectivity index is 2.39. The van der Waals surface area contributed by atoms with Crippen LogP contribution in [-0.4, -0.2) is 36.2 Å². The van der Waals surface area contributed by atoms with Crippen molar-refractivity contribution in [2.24, 2.45) is 0 Å². The number of rotatable bonds is 5. The highest BCUT2D eigenvalue weighted by Crippen LogP contribution is 2.09. The average Bonchev–Trinajstić information content (AvgIpc) is 2.18. The van der Waals surface area contributed by atoms with Gasteiger partial charge in [0.2, 0.25) is 0 Å². The van der Waals surface area contributed by atoms with E-state index in [1.807, 2.05) is 30.3 Å². The van der Waals surface area contributed by atoms with E-state index >= 15 is 0 Å². The van der Waals surface area contributed by atoms with Gasteiger partial charge in [0.25, 0.3) is 0 Å². The van der Waals surface area contributed by atoms with E-state index in [-0.39, 0.29) is 11.8 Å². The molecule has 2 radical (unpaired) electrons. The molecule has 0 aliphatic carbocycles. The molecule has 3 unspecified atom stereocenters. The fourth-order valence-electron chi connectivity index (χ4n) is 1.31. The van der Waals surface area contributed by atoms with E-state index in [9.17, 15) is 5.11 Å². The monoisotopic (exact) mass is 221 g/mol. The quantitative estimate of drug-likeness (QED) is 0.596. The standard InChI is InChI=1S/C11H17BNOP/c1-9(14)11(15)8-13(12)7-10-5-3-2-4-6-10/h2-6,9,11,14H,7-8,15H2,1H3. The Morgan fingerprint density at radius 1 is 1.40 bits per heavy atom. The normalized spacial score (nSPS) is 15.2. The summed E-state index contributed by atoms with van der Waals surface area (Å²) in [6.45, 7) is 3.14. The maximum atomic E-state index is 9.33. The molecular weight excluding hydrogens is 204 g/mol. The molecule has 0 fully saturated rings. The Morgan fingerprint density at radius 3 is 2.53 bits per heavy atom. The maximum Gasteiger partial charge on any atom is 0.182 e. The molecule has 15 heavy (non-hydrogen) atoms. The Labute approximate surface area is 95.3 Å². The van der Waals surface area contributed by atoms with Crippen LogP contribution in [0.4, 0.5) is 0 Å². The molecule has 0 heterocycles. The van der Waals surface area contributed by atoms with E-state index in [0.29, 0.717) is 13.1 Å². The zero-order valence-corrected chi connectivity index (χ0v) is 10.2. The van der Waals surface area contributed by atoms with Crippen molar-refractivity contribution in [1.82, 2.24) is 4.81 Å². The highest BCUT2D eigenvalue weighted by molar-refractivity contribution is 7.17. The summed E-state index contributed by atoms with van der Waals surface area (Å²) in [5, 5.41) is 9.33. The highest BCUT2D eigenvalue weighted by atomic mass is 31.0. The van der Waals surface area contributed by atoms with Crippen LogP contribution in [0.5, 0.6) is 0 Å². The Hall–Kier alpha value is -0.365. The molecule has 1 N–H and O–H groups in total. The molecule has 3 atom stereocenters. The van der Waals surface area contributed by atoms with Crippen molar-refractivity contribution in [3.05, 3.63) is 35.9 Å². The first-order valence-electron chi connectivity index (χ1n) is 5.07. The molecule has 1 aromatic rings. The molecule has 0 aromatic heterocycles. The van der Waals surface area contributed by atoms with Crippen LogP contribution in [0.2, 0.25) is 0 Å². The number of nitrogens with zero attached hydrogens (tertiary/aromatic N) is 1. The first-order valence-corrected chi connectivity index (χ1v) is 5.73. The van der Waals surface area contributed by atoms with Crippen molar-refractivity contribution in [1.29, 1.82) is 0 Å². The number of benzene rings is 1. The summed E-state index contributed by atoms with van der Waals surface area (Å²) in [4.78, 5) is 1.72. The lowest BCUT2D eigenvalue weighted by atomic mass is 10.1. The summed E-state index contributed by atoms with van der Waals surface area (Å²) in [5.74, 6) is 0. The van der Waals surface area contributed by atoms with Gasteiger partial charge in [-0.05, 0) is 19.0 Å². The number of hydrogen-bond donors (Lipinski definition) is 1. The van der Waals surface area contributed by atoms with E-state index in [0.717, 1.165) is 0 Å². The van der Waals surface area contributed by atoms with Gasteiger partial charge in [-0.3, -0.25) is 0 Å². The van der Waals surface area contributed by atoms with Crippen molar-refractivity contribution in [2.75, 3.05) is 6.54 Å². The lowest BCUT2D eigenvalue weighted by molar-refractivity contribution is 0.180. The van der Waals surface area contributed by atoms with Crippen molar-refractivity contribution in [3.63, 3.8) is 0 Å². The van der Waals surface area contributed by atoms with Crippen LogP contribution >= 0.6 is 9.24 Å². The lowest BCUT2D eigenvalue weighted by Crippen LogP contribution is -2.32. The highest BCUT2D eigenvalue weighted by Gasteiger charge is 2.11. The first-order chi connectivity index (χ1) is 7.09. The second-order valence-electron chi connectivity index (χ2n) is 3.82. The van der Waals surface area contributed by atoms with Crippen molar-refractivity contribution >= 4 is 17.2 Å². The van der Waals surface area contributed by atoms with Crippen LogP contribution < -0.4 is 0 Å². The Bertz CT molecular complexity index is 281. The van der Waals surface area contributed by atoms with Gasteiger partial charge in [0.15, 0.2) is 7.98 Å². The zero-order chi connectivity index (χ0) is 11.3. The molecule has 2 nitrogen and oxygen atoms in total. The average molecular weight is 221 g/mol. The van der Waals surface area contributed by atoms with Crippen molar-refractivity contribution in [2.45, 2.75) is 25.2 Å². The van der Waals surface area contributed by atoms with E-state index < -0.39 is 0 Å². The second-order valence-corrected chi connectivity index (χ2v) is 4.68. The van der Waals surface area contributed by atoms with E-state index in [4.69, 9.17) is 7.98 Å². The molecule has 80 valence electrons. The molecule has 0 amide bonds. The van der Waals surface area contributed by atoms with Gasteiger partial charge >= 0.3 is 0 Å². The maximum absolute atomic E-state index is 9.33. The molecule has 0 spiro atoms. The molecule has 0 aliphatic heterocycles. The minimum Gasteiger partial charge on any atom is -0.393 e. The van der Waals surface area contributed by atoms with Gasteiger partial charge in [-0.2, -0.15) is 0 Å². The van der Waals surface area contributed by atoms with Gasteiger partial charge in [-0.25, -0.2) is 0 Å². The first kappa shape index (κ1) is 12.7. The summed E-state index contributed by atoms with van der Waals surface area (Å²) in [6.07, 6.45) is -0.350. The van der Waals surface area contributed by atoms with Crippen LogP contribution in [0.15, 0.2) is 30.3 Å². The van der Waals surface area contributed by atoms with Crippen LogP contribution in [0.25, 0.3) is 0 Å². The molecular formula is C11H17BNOP. The summed E-state index contributed by atoms with van der Waals surface area (Å²) in [7, 11) is 8.47. The lowest BCUT2D eigenvalue weighted by Gasteiger charge is -2.23. The second kappa shape index (κ2) is 6.27. The van der Waals surface area contributed by atoms with Gasteiger partial charge in [0.1, 0.15) is 0 Å². The van der Waals surface area contributed by atoms with Crippen LogP contribution in [-0.2, 0) is 6.54 Å². The molecule has 4 heteroatoms. The summed E-state index contributed by atoms with van der Waals surface area (Å²) in [5.41, 5.74) is 1.29. The molecule has 1 aromatic carbocycles. The van der Waals surface area contributed by atoms with Crippen LogP contribution in [0, 0.1) is 0 Å². The number of aliphatic hydroxyl groups excluding tert-OH is 1. The van der Waals surface area contributed by atoms with E-state index in [2.05, 4.69) is 9.24 Å². The number of hydrogen-bond acceptors (Lipinski definition) is 2. The van der Waals surface area contributed by atoms with Crippen LogP contribution in [0.1, 0.15) is 12.5 Å². The molecule has 0 aliphatic rings. The van der Waals surface area contributed by atoms with Crippen LogP contribution in [0.3, 0.4) is 0 Å². The third kappa shape index (κ3) is 4.79. The zero-order valence-electron chi connectivity index (χ0n) is 9.00. The fraction of sp³-hybridized carbons (Fsp3) is 0.455. The van der Waals surface area contributed by atoms with E-state index in [1.165, 1.54) is 5.56 Å². The largest absolute Gasteiger partial charge is 0.393 e. The molecule has 0 saturated heterocycles. The van der Waals surface area contributed by atoms with Gasteiger partial charge < -0.3 is 9.92 Å². The fourth-order valence-corrected chi connectivity index (χ4v) is 1.58. The minimum absolute atomic E-state index is 0.110. The van der Waals surface area contributed by atoms with Gasteiger partial charge in [-0.1, -0.05) is 30.3 Å². The smallest absolute Gasteiger partial charge is 0.182 e. The third-order valence-electron chi connectivity index (χ3n) is 2.29. The topological polar surface area (TPSA) is 23.5 Å². The van der Waals surface area contributed by atoms with Crippen molar-refractivity contribution in [3.8, 4) is 0 Å². The molecule has 0 bridgehead atoms. The Morgan fingerprint density at radius 2 is 2.00 bits per heavy atom. The molecule has 0 saturated carbocycles. The van der Waals surface area contributed by atoms with Crippen molar-refractivity contribution < 1.29 is 5.11 Å². The van der Waals surface area contributed by atoms with Gasteiger partial charge in [0, 0.05) is 12.2 Å². The Kier molecular flexibility index (Phi) is 5.31. The predicted molar refractivity (Wildman–Crippen MR) is 67.8 cm³/mol. The summed E-state index contributed by atoms with van der Waals surface area (Å²) < 4.78 is 0. The number of aliphatic hydroxyl groups is 1. The SMILES string of the molecule is [B]N(Cc1ccccc1)CC(P)C(C)O. The summed E-state index contributed by atoms with van der Waals surface area (Å²) >= 11 is 0. The third-order valence-corrected chi connectivity index (χ3v) is 3.06. The van der Waals surface area contributed by atoms with Gasteiger partial charge in [0.05, 0.1) is 6.10 Å². The predicted octanol–water partition coefficient (Wildman–Crippen LogP) is 1.20. The van der Waals surface area contributed by atoms with E-state index in [1.54, 1.807) is 11.7 Å². The molecule has 1 rings (SSSR count). The summed E-state index contributed by atoms with van der Waals surface area (Å²) in [6, 6.07) is 10.1. The minimum atomic E-state index is -0.350.